The van der Waals surface area contributed by atoms with E-state index >= 15 is 0 Å². The maximum Gasteiger partial charge on any atom is 0.250 e. The summed E-state index contributed by atoms with van der Waals surface area (Å²) in [4.78, 5) is 21.5. The summed E-state index contributed by atoms with van der Waals surface area (Å²) in [5.41, 5.74) is 5.26. The van der Waals surface area contributed by atoms with Gasteiger partial charge in [0.1, 0.15) is 19.0 Å². The molecule has 16 heavy (non-hydrogen) atoms. The second-order valence-corrected chi connectivity index (χ2v) is 3.01. The number of carbonyl (C=O) groups excluding carboxylic acids is 2. The molecule has 0 radical (unpaired) electrons. The number of benzene rings is 1. The van der Waals surface area contributed by atoms with Crippen molar-refractivity contribution in [1.29, 1.82) is 0 Å². The summed E-state index contributed by atoms with van der Waals surface area (Å²) in [6.07, 6.45) is 0. The number of nitrogens with one attached hydrogen (secondary N) is 1. The number of halogens is 1. The predicted molar refractivity (Wildman–Crippen MR) is 55.0 cm³/mol. The van der Waals surface area contributed by atoms with E-state index in [0.717, 1.165) is 0 Å². The number of rotatable bonds is 5. The van der Waals surface area contributed by atoms with Crippen molar-refractivity contribution in [3.05, 3.63) is 30.1 Å². The number of primary amides is 1. The van der Waals surface area contributed by atoms with Gasteiger partial charge < -0.3 is 15.8 Å². The van der Waals surface area contributed by atoms with Gasteiger partial charge in [-0.05, 0) is 24.3 Å². The molecule has 6 heteroatoms. The van der Waals surface area contributed by atoms with E-state index < -0.39 is 11.8 Å². The summed E-state index contributed by atoms with van der Waals surface area (Å²) in [6, 6.07) is 5.28. The van der Waals surface area contributed by atoms with Gasteiger partial charge in [0.2, 0.25) is 11.8 Å². The molecule has 0 fully saturated rings. The largest absolute Gasteiger partial charge is 0.368 e. The Bertz CT molecular complexity index is 378. The van der Waals surface area contributed by atoms with Crippen molar-refractivity contribution in [3.8, 4) is 0 Å². The van der Waals surface area contributed by atoms with Crippen LogP contribution in [0.5, 0.6) is 0 Å². The van der Waals surface area contributed by atoms with Crippen LogP contribution in [-0.4, -0.2) is 25.0 Å². The van der Waals surface area contributed by atoms with E-state index in [0.29, 0.717) is 5.69 Å². The first-order valence-corrected chi connectivity index (χ1v) is 4.49. The first-order chi connectivity index (χ1) is 7.58. The zero-order chi connectivity index (χ0) is 12.0. The molecule has 0 bridgehead atoms. The second-order valence-electron chi connectivity index (χ2n) is 3.01. The van der Waals surface area contributed by atoms with Crippen LogP contribution in [0.15, 0.2) is 24.3 Å². The van der Waals surface area contributed by atoms with E-state index in [4.69, 9.17) is 10.5 Å². The van der Waals surface area contributed by atoms with Gasteiger partial charge in [0.25, 0.3) is 0 Å². The molecule has 0 aliphatic carbocycles. The highest BCUT2D eigenvalue weighted by atomic mass is 19.1. The smallest absolute Gasteiger partial charge is 0.250 e. The molecule has 3 N–H and O–H groups in total. The number of ether oxygens (including phenoxy) is 1. The van der Waals surface area contributed by atoms with Crippen LogP contribution in [0.25, 0.3) is 0 Å². The van der Waals surface area contributed by atoms with Crippen LogP contribution in [-0.2, 0) is 14.3 Å². The standard InChI is InChI=1S/C10H11FN2O3/c11-7-1-3-8(4-2-7)13-10(15)6-16-5-9(12)14/h1-4H,5-6H2,(H2,12,14)(H,13,15). The molecule has 0 aliphatic heterocycles. The fourth-order valence-corrected chi connectivity index (χ4v) is 0.975. The van der Waals surface area contributed by atoms with E-state index in [2.05, 4.69) is 5.32 Å². The van der Waals surface area contributed by atoms with Crippen molar-refractivity contribution in [3.63, 3.8) is 0 Å². The van der Waals surface area contributed by atoms with Crippen molar-refractivity contribution >= 4 is 17.5 Å². The summed E-state index contributed by atoms with van der Waals surface area (Å²) in [6.45, 7) is -0.586. The van der Waals surface area contributed by atoms with E-state index in [-0.39, 0.29) is 19.0 Å². The average molecular weight is 226 g/mol. The zero-order valence-electron chi connectivity index (χ0n) is 8.40. The van der Waals surface area contributed by atoms with Gasteiger partial charge in [-0.1, -0.05) is 0 Å². The molecule has 0 spiro atoms. The van der Waals surface area contributed by atoms with Crippen molar-refractivity contribution in [2.45, 2.75) is 0 Å². The monoisotopic (exact) mass is 226 g/mol. The highest BCUT2D eigenvalue weighted by Crippen LogP contribution is 2.07. The highest BCUT2D eigenvalue weighted by molar-refractivity contribution is 5.91. The van der Waals surface area contributed by atoms with Gasteiger partial charge in [-0.3, -0.25) is 9.59 Å². The van der Waals surface area contributed by atoms with Crippen LogP contribution in [0.3, 0.4) is 0 Å². The van der Waals surface area contributed by atoms with E-state index in [9.17, 15) is 14.0 Å². The minimum atomic E-state index is -0.644. The Morgan fingerprint density at radius 1 is 1.25 bits per heavy atom. The molecule has 2 amide bonds. The van der Waals surface area contributed by atoms with Gasteiger partial charge in [-0.15, -0.1) is 0 Å². The molecule has 0 heterocycles. The number of nitrogens with two attached hydrogens (primary N) is 1. The Labute approximate surface area is 91.4 Å². The van der Waals surface area contributed by atoms with E-state index in [1.165, 1.54) is 24.3 Å². The second kappa shape index (κ2) is 5.82. The molecule has 0 aromatic heterocycles. The van der Waals surface area contributed by atoms with E-state index in [1.807, 2.05) is 0 Å². The van der Waals surface area contributed by atoms with Gasteiger partial charge in [0.15, 0.2) is 0 Å². The molecular weight excluding hydrogens is 215 g/mol. The Morgan fingerprint density at radius 2 is 1.88 bits per heavy atom. The SMILES string of the molecule is NC(=O)COCC(=O)Nc1ccc(F)cc1. The summed E-state index contributed by atoms with van der Waals surface area (Å²) in [5.74, 6) is -1.47. The zero-order valence-corrected chi connectivity index (χ0v) is 8.40. The fraction of sp³-hybridized carbons (Fsp3) is 0.200. The lowest BCUT2D eigenvalue weighted by Crippen LogP contribution is -2.24. The lowest BCUT2D eigenvalue weighted by Gasteiger charge is -2.04. The van der Waals surface area contributed by atoms with Crippen LogP contribution in [0.4, 0.5) is 10.1 Å². The quantitative estimate of drug-likeness (QED) is 0.755. The molecule has 0 aliphatic rings. The van der Waals surface area contributed by atoms with Gasteiger partial charge in [-0.2, -0.15) is 0 Å². The highest BCUT2D eigenvalue weighted by Gasteiger charge is 2.03. The number of anilines is 1. The lowest BCUT2D eigenvalue weighted by atomic mass is 10.3. The summed E-state index contributed by atoms with van der Waals surface area (Å²) < 4.78 is 17.2. The molecule has 1 aromatic carbocycles. The summed E-state index contributed by atoms with van der Waals surface area (Å²) in [5, 5.41) is 2.46. The summed E-state index contributed by atoms with van der Waals surface area (Å²) in [7, 11) is 0. The summed E-state index contributed by atoms with van der Waals surface area (Å²) >= 11 is 0. The topological polar surface area (TPSA) is 81.4 Å². The van der Waals surface area contributed by atoms with Crippen molar-refractivity contribution in [1.82, 2.24) is 0 Å². The maximum atomic E-state index is 12.5. The van der Waals surface area contributed by atoms with Gasteiger partial charge in [-0.25, -0.2) is 4.39 Å². The molecule has 5 nitrogen and oxygen atoms in total. The fourth-order valence-electron chi connectivity index (χ4n) is 0.975. The van der Waals surface area contributed by atoms with E-state index in [1.54, 1.807) is 0 Å². The number of hydrogen-bond acceptors (Lipinski definition) is 3. The Kier molecular flexibility index (Phi) is 4.41. The molecule has 1 rings (SSSR count). The van der Waals surface area contributed by atoms with Gasteiger partial charge in [0, 0.05) is 5.69 Å². The predicted octanol–water partition coefficient (Wildman–Crippen LogP) is 0.266. The Hall–Kier alpha value is -1.95. The Balaban J connectivity index is 2.34. The molecule has 0 unspecified atom stereocenters. The third-order valence-electron chi connectivity index (χ3n) is 1.61. The van der Waals surface area contributed by atoms with Gasteiger partial charge in [0.05, 0.1) is 0 Å². The minimum Gasteiger partial charge on any atom is -0.368 e. The van der Waals surface area contributed by atoms with Crippen LogP contribution in [0, 0.1) is 5.82 Å². The van der Waals surface area contributed by atoms with Crippen LogP contribution in [0.1, 0.15) is 0 Å². The van der Waals surface area contributed by atoms with Crippen molar-refractivity contribution < 1.29 is 18.7 Å². The molecule has 0 saturated carbocycles. The Morgan fingerprint density at radius 3 is 2.44 bits per heavy atom. The molecule has 1 aromatic rings. The van der Waals surface area contributed by atoms with Crippen LogP contribution in [0.2, 0.25) is 0 Å². The first-order valence-electron chi connectivity index (χ1n) is 4.49. The lowest BCUT2D eigenvalue weighted by molar-refractivity contribution is -0.126. The average Bonchev–Trinajstić information content (AvgIpc) is 2.21. The van der Waals surface area contributed by atoms with Crippen molar-refractivity contribution in [2.24, 2.45) is 5.73 Å². The van der Waals surface area contributed by atoms with Crippen LogP contribution >= 0.6 is 0 Å². The maximum absolute atomic E-state index is 12.5. The number of hydrogen-bond donors (Lipinski definition) is 2. The normalized spacial score (nSPS) is 9.81. The molecular formula is C10H11FN2O3. The first kappa shape index (κ1) is 12.1. The number of carbonyl (C=O) groups is 2. The van der Waals surface area contributed by atoms with Crippen molar-refractivity contribution in [2.75, 3.05) is 18.5 Å². The minimum absolute atomic E-state index is 0.277. The third-order valence-corrected chi connectivity index (χ3v) is 1.61. The number of amides is 2. The van der Waals surface area contributed by atoms with Crippen LogP contribution < -0.4 is 11.1 Å². The van der Waals surface area contributed by atoms with Gasteiger partial charge >= 0.3 is 0 Å². The molecule has 86 valence electrons. The molecule has 0 saturated heterocycles. The molecule has 0 atom stereocenters. The third kappa shape index (κ3) is 4.52.